The minimum absolute atomic E-state index is 0.0136. The third-order valence-corrected chi connectivity index (χ3v) is 7.24. The summed E-state index contributed by atoms with van der Waals surface area (Å²) in [4.78, 5) is 26.9. The van der Waals surface area contributed by atoms with E-state index >= 15 is 4.39 Å². The van der Waals surface area contributed by atoms with Gasteiger partial charge in [0.2, 0.25) is 10.0 Å². The molecule has 1 aromatic carbocycles. The van der Waals surface area contributed by atoms with Gasteiger partial charge in [-0.3, -0.25) is 14.1 Å². The number of pyridine rings is 1. The summed E-state index contributed by atoms with van der Waals surface area (Å²) in [5, 5.41) is -0.544. The molecule has 1 heterocycles. The number of halogens is 2. The van der Waals surface area contributed by atoms with E-state index in [1.807, 2.05) is 22.6 Å². The standard InChI is InChI=1S/C21H25FIN3O5S/c1-12-10-16(24-32(29,30)14-7-8-14)18(25(5)19(12)27)26(20(28)31-21(2,3)4)17-9-6-13(23)11-15(17)22/h6,9-11,14,24H,7-8H2,1-5H3. The molecule has 1 aliphatic carbocycles. The molecule has 11 heteroatoms. The number of carbonyl (C=O) groups excluding carboxylic acids is 1. The van der Waals surface area contributed by atoms with Gasteiger partial charge in [-0.1, -0.05) is 0 Å². The Hall–Kier alpha value is -2.15. The molecule has 0 spiro atoms. The molecule has 0 saturated heterocycles. The first-order chi connectivity index (χ1) is 14.7. The van der Waals surface area contributed by atoms with Crippen molar-refractivity contribution in [2.24, 2.45) is 7.05 Å². The van der Waals surface area contributed by atoms with Gasteiger partial charge in [0.1, 0.15) is 17.2 Å². The molecule has 2 aromatic rings. The van der Waals surface area contributed by atoms with Crippen LogP contribution in [0.3, 0.4) is 0 Å². The van der Waals surface area contributed by atoms with Gasteiger partial charge in [-0.05, 0) is 87.4 Å². The van der Waals surface area contributed by atoms with Crippen LogP contribution >= 0.6 is 22.6 Å². The lowest BCUT2D eigenvalue weighted by atomic mass is 10.2. The largest absolute Gasteiger partial charge is 0.443 e. The highest BCUT2D eigenvalue weighted by molar-refractivity contribution is 14.1. The van der Waals surface area contributed by atoms with Crippen LogP contribution in [0, 0.1) is 16.3 Å². The zero-order chi connectivity index (χ0) is 24.0. The second-order valence-electron chi connectivity index (χ2n) is 8.69. The number of aryl methyl sites for hydroxylation is 1. The third-order valence-electron chi connectivity index (χ3n) is 4.72. The molecule has 0 bridgehead atoms. The Kier molecular flexibility index (Phi) is 6.62. The Morgan fingerprint density at radius 3 is 2.44 bits per heavy atom. The number of hydrogen-bond donors (Lipinski definition) is 1. The molecule has 8 nitrogen and oxygen atoms in total. The first kappa shape index (κ1) is 24.5. The molecule has 1 saturated carbocycles. The fourth-order valence-electron chi connectivity index (χ4n) is 3.11. The topological polar surface area (TPSA) is 97.7 Å². The maximum absolute atomic E-state index is 15.0. The smallest absolute Gasteiger partial charge is 0.420 e. The first-order valence-corrected chi connectivity index (χ1v) is 12.5. The maximum Gasteiger partial charge on any atom is 0.420 e. The number of hydrogen-bond acceptors (Lipinski definition) is 5. The summed E-state index contributed by atoms with van der Waals surface area (Å²) in [7, 11) is -2.35. The number of sulfonamides is 1. The number of carbonyl (C=O) groups is 1. The highest BCUT2D eigenvalue weighted by Gasteiger charge is 2.38. The summed E-state index contributed by atoms with van der Waals surface area (Å²) >= 11 is 1.93. The van der Waals surface area contributed by atoms with E-state index in [1.165, 1.54) is 32.2 Å². The van der Waals surface area contributed by atoms with Crippen molar-refractivity contribution in [1.82, 2.24) is 4.57 Å². The highest BCUT2D eigenvalue weighted by atomic mass is 127. The lowest BCUT2D eigenvalue weighted by Crippen LogP contribution is -2.38. The molecule has 1 fully saturated rings. The van der Waals surface area contributed by atoms with Gasteiger partial charge in [0.25, 0.3) is 5.56 Å². The van der Waals surface area contributed by atoms with Crippen molar-refractivity contribution >= 4 is 55.9 Å². The van der Waals surface area contributed by atoms with Gasteiger partial charge < -0.3 is 4.74 Å². The monoisotopic (exact) mass is 577 g/mol. The van der Waals surface area contributed by atoms with Crippen LogP contribution in [-0.4, -0.2) is 29.9 Å². The average Bonchev–Trinajstić information content (AvgIpc) is 3.48. The molecule has 0 unspecified atom stereocenters. The molecular weight excluding hydrogens is 552 g/mol. The fraction of sp³-hybridized carbons (Fsp3) is 0.429. The van der Waals surface area contributed by atoms with E-state index in [1.54, 1.807) is 26.8 Å². The quantitative estimate of drug-likeness (QED) is 0.531. The van der Waals surface area contributed by atoms with Crippen molar-refractivity contribution in [2.75, 3.05) is 9.62 Å². The molecule has 174 valence electrons. The summed E-state index contributed by atoms with van der Waals surface area (Å²) in [5.74, 6) is -0.869. The van der Waals surface area contributed by atoms with Crippen LogP contribution in [0.2, 0.25) is 0 Å². The Morgan fingerprint density at radius 2 is 1.91 bits per heavy atom. The Labute approximate surface area is 199 Å². The zero-order valence-corrected chi connectivity index (χ0v) is 21.4. The predicted molar refractivity (Wildman–Crippen MR) is 129 cm³/mol. The van der Waals surface area contributed by atoms with Gasteiger partial charge in [0.15, 0.2) is 0 Å². The molecule has 1 aliphatic rings. The number of benzene rings is 1. The lowest BCUT2D eigenvalue weighted by Gasteiger charge is -2.30. The van der Waals surface area contributed by atoms with Crippen molar-refractivity contribution < 1.29 is 22.3 Å². The maximum atomic E-state index is 15.0. The highest BCUT2D eigenvalue weighted by Crippen LogP contribution is 2.37. The zero-order valence-electron chi connectivity index (χ0n) is 18.4. The van der Waals surface area contributed by atoms with E-state index in [-0.39, 0.29) is 22.8 Å². The van der Waals surface area contributed by atoms with Gasteiger partial charge in [0.05, 0.1) is 16.6 Å². The van der Waals surface area contributed by atoms with E-state index in [4.69, 9.17) is 4.74 Å². The van der Waals surface area contributed by atoms with E-state index in [9.17, 15) is 18.0 Å². The molecule has 3 rings (SSSR count). The van der Waals surface area contributed by atoms with Crippen molar-refractivity contribution in [1.29, 1.82) is 0 Å². The molecule has 0 atom stereocenters. The molecular formula is C21H25FIN3O5S. The minimum atomic E-state index is -3.74. The SMILES string of the molecule is Cc1cc(NS(=O)(=O)C2CC2)c(N(C(=O)OC(C)(C)C)c2ccc(I)cc2F)n(C)c1=O. The molecule has 1 aromatic heterocycles. The van der Waals surface area contributed by atoms with Gasteiger partial charge >= 0.3 is 6.09 Å². The van der Waals surface area contributed by atoms with Gasteiger partial charge in [-0.15, -0.1) is 0 Å². The van der Waals surface area contributed by atoms with Crippen LogP contribution in [0.1, 0.15) is 39.2 Å². The van der Waals surface area contributed by atoms with E-state index in [0.29, 0.717) is 16.4 Å². The third kappa shape index (κ3) is 5.25. The van der Waals surface area contributed by atoms with Gasteiger partial charge in [-0.2, -0.15) is 0 Å². The van der Waals surface area contributed by atoms with Crippen LogP contribution in [-0.2, 0) is 21.8 Å². The number of aromatic nitrogens is 1. The van der Waals surface area contributed by atoms with Crippen molar-refractivity contribution in [3.8, 4) is 0 Å². The molecule has 0 aliphatic heterocycles. The van der Waals surface area contributed by atoms with E-state index < -0.39 is 38.3 Å². The molecule has 1 amide bonds. The van der Waals surface area contributed by atoms with Crippen LogP contribution in [0.25, 0.3) is 0 Å². The summed E-state index contributed by atoms with van der Waals surface area (Å²) < 4.78 is 50.1. The van der Waals surface area contributed by atoms with Crippen LogP contribution < -0.4 is 15.2 Å². The Balaban J connectivity index is 2.28. The number of anilines is 3. The van der Waals surface area contributed by atoms with E-state index in [0.717, 1.165) is 9.47 Å². The molecule has 32 heavy (non-hydrogen) atoms. The fourth-order valence-corrected chi connectivity index (χ4v) is 4.95. The summed E-state index contributed by atoms with van der Waals surface area (Å²) in [6.07, 6.45) is 0.0942. The van der Waals surface area contributed by atoms with Gasteiger partial charge in [0, 0.05) is 16.2 Å². The van der Waals surface area contributed by atoms with E-state index in [2.05, 4.69) is 4.72 Å². The van der Waals surface area contributed by atoms with Crippen molar-refractivity contribution in [3.05, 3.63) is 49.6 Å². The Bertz CT molecular complexity index is 1230. The van der Waals surface area contributed by atoms with Crippen LogP contribution in [0.5, 0.6) is 0 Å². The number of amides is 1. The second kappa shape index (κ2) is 8.65. The summed E-state index contributed by atoms with van der Waals surface area (Å²) in [5.41, 5.74) is -1.32. The minimum Gasteiger partial charge on any atom is -0.443 e. The van der Waals surface area contributed by atoms with Crippen molar-refractivity contribution in [3.63, 3.8) is 0 Å². The van der Waals surface area contributed by atoms with Gasteiger partial charge in [-0.25, -0.2) is 22.5 Å². The molecule has 1 N–H and O–H groups in total. The van der Waals surface area contributed by atoms with Crippen LogP contribution in [0.4, 0.5) is 26.4 Å². The predicted octanol–water partition coefficient (Wildman–Crippen LogP) is 4.41. The first-order valence-electron chi connectivity index (χ1n) is 9.91. The number of nitrogens with one attached hydrogen (secondary N) is 1. The van der Waals surface area contributed by atoms with Crippen LogP contribution in [0.15, 0.2) is 29.1 Å². The summed E-state index contributed by atoms with van der Waals surface area (Å²) in [6, 6.07) is 5.55. The normalized spacial score (nSPS) is 14.2. The average molecular weight is 577 g/mol. The molecule has 0 radical (unpaired) electrons. The van der Waals surface area contributed by atoms with Crippen molar-refractivity contribution in [2.45, 2.75) is 51.4 Å². The number of ether oxygens (including phenoxy) is 1. The lowest BCUT2D eigenvalue weighted by molar-refractivity contribution is 0.0596. The number of rotatable bonds is 5. The summed E-state index contributed by atoms with van der Waals surface area (Å²) in [6.45, 7) is 6.49. The Morgan fingerprint density at radius 1 is 1.28 bits per heavy atom. The second-order valence-corrected chi connectivity index (χ2v) is 11.9. The number of nitrogens with zero attached hydrogens (tertiary/aromatic N) is 2.